The van der Waals surface area contributed by atoms with Gasteiger partial charge in [-0.3, -0.25) is 0 Å². The number of hydrogen-bond acceptors (Lipinski definition) is 3. The molecule has 0 bridgehead atoms. The molecule has 0 amide bonds. The number of hydrogen-bond donors (Lipinski definition) is 0. The molecule has 120 valence electrons. The lowest BCUT2D eigenvalue weighted by Crippen LogP contribution is -2.07. The highest BCUT2D eigenvalue weighted by atomic mass is 19.1. The number of rotatable bonds is 7. The van der Waals surface area contributed by atoms with E-state index in [1.165, 1.54) is 6.07 Å². The van der Waals surface area contributed by atoms with Crippen molar-refractivity contribution in [2.45, 2.75) is 13.3 Å². The minimum absolute atomic E-state index is 0.264. The number of esters is 1. The van der Waals surface area contributed by atoms with E-state index in [2.05, 4.69) is 6.58 Å². The monoisotopic (exact) mass is 314 g/mol. The van der Waals surface area contributed by atoms with Gasteiger partial charge in [0, 0.05) is 5.56 Å². The van der Waals surface area contributed by atoms with Gasteiger partial charge < -0.3 is 9.47 Å². The Morgan fingerprint density at radius 2 is 2.00 bits per heavy atom. The average molecular weight is 314 g/mol. The number of carbonyl (C=O) groups excluding carboxylic acids is 1. The summed E-state index contributed by atoms with van der Waals surface area (Å²) in [5.41, 5.74) is 1.12. The maximum absolute atomic E-state index is 14.2. The third kappa shape index (κ3) is 4.19. The molecule has 0 fully saturated rings. The second kappa shape index (κ2) is 8.13. The van der Waals surface area contributed by atoms with Gasteiger partial charge in [-0.05, 0) is 43.2 Å². The van der Waals surface area contributed by atoms with Crippen LogP contribution in [0, 0.1) is 5.82 Å². The zero-order valence-corrected chi connectivity index (χ0v) is 13.0. The van der Waals surface area contributed by atoms with Gasteiger partial charge in [0.15, 0.2) is 0 Å². The summed E-state index contributed by atoms with van der Waals surface area (Å²) in [5.74, 6) is -0.347. The predicted octanol–water partition coefficient (Wildman–Crippen LogP) is 4.62. The zero-order chi connectivity index (χ0) is 16.7. The summed E-state index contributed by atoms with van der Waals surface area (Å²) in [6.07, 6.45) is 2.45. The largest absolute Gasteiger partial charge is 0.493 e. The van der Waals surface area contributed by atoms with E-state index in [1.807, 2.05) is 0 Å². The summed E-state index contributed by atoms with van der Waals surface area (Å²) in [4.78, 5) is 12.1. The Morgan fingerprint density at radius 3 is 2.74 bits per heavy atom. The van der Waals surface area contributed by atoms with Gasteiger partial charge in [-0.1, -0.05) is 24.3 Å². The van der Waals surface area contributed by atoms with E-state index in [-0.39, 0.29) is 6.61 Å². The molecule has 0 atom stereocenters. The van der Waals surface area contributed by atoms with Crippen molar-refractivity contribution in [3.8, 4) is 16.9 Å². The van der Waals surface area contributed by atoms with E-state index in [9.17, 15) is 9.18 Å². The van der Waals surface area contributed by atoms with Gasteiger partial charge in [0.1, 0.15) is 11.6 Å². The Bertz CT molecular complexity index is 695. The first-order chi connectivity index (χ1) is 11.2. The third-order valence-electron chi connectivity index (χ3n) is 3.24. The minimum Gasteiger partial charge on any atom is -0.493 e. The maximum atomic E-state index is 14.2. The van der Waals surface area contributed by atoms with Crippen molar-refractivity contribution >= 4 is 5.97 Å². The van der Waals surface area contributed by atoms with Crippen LogP contribution in [0.3, 0.4) is 0 Å². The Morgan fingerprint density at radius 1 is 1.22 bits per heavy atom. The van der Waals surface area contributed by atoms with Crippen molar-refractivity contribution in [2.24, 2.45) is 0 Å². The molecule has 0 saturated heterocycles. The summed E-state index contributed by atoms with van der Waals surface area (Å²) in [7, 11) is 0. The van der Waals surface area contributed by atoms with Crippen molar-refractivity contribution in [1.82, 2.24) is 0 Å². The molecule has 2 rings (SSSR count). The molecule has 0 aliphatic heterocycles. The molecule has 3 nitrogen and oxygen atoms in total. The highest BCUT2D eigenvalue weighted by Gasteiger charge is 2.16. The fourth-order valence-electron chi connectivity index (χ4n) is 2.17. The number of carbonyl (C=O) groups is 1. The minimum atomic E-state index is -0.472. The SMILES string of the molecule is C=CCCOc1ccc(F)c(-c2ccccc2C(=O)OCC)c1. The van der Waals surface area contributed by atoms with Crippen LogP contribution < -0.4 is 4.74 Å². The van der Waals surface area contributed by atoms with Gasteiger partial charge in [-0.2, -0.15) is 0 Å². The van der Waals surface area contributed by atoms with Crippen molar-refractivity contribution in [3.63, 3.8) is 0 Å². The summed E-state index contributed by atoms with van der Waals surface area (Å²) >= 11 is 0. The number of halogens is 1. The van der Waals surface area contributed by atoms with Crippen LogP contribution >= 0.6 is 0 Å². The molecule has 0 saturated carbocycles. The van der Waals surface area contributed by atoms with Crippen LogP contribution in [-0.2, 0) is 4.74 Å². The van der Waals surface area contributed by atoms with Crippen LogP contribution in [0.5, 0.6) is 5.75 Å². The fourth-order valence-corrected chi connectivity index (χ4v) is 2.17. The normalized spacial score (nSPS) is 10.2. The summed E-state index contributed by atoms with van der Waals surface area (Å²) in [5, 5.41) is 0. The predicted molar refractivity (Wildman–Crippen MR) is 88.1 cm³/mol. The lowest BCUT2D eigenvalue weighted by atomic mass is 9.99. The van der Waals surface area contributed by atoms with E-state index in [4.69, 9.17) is 9.47 Å². The summed E-state index contributed by atoms with van der Waals surface area (Å²) < 4.78 is 24.8. The molecule has 0 aliphatic rings. The van der Waals surface area contributed by atoms with E-state index >= 15 is 0 Å². The van der Waals surface area contributed by atoms with Crippen molar-refractivity contribution in [3.05, 3.63) is 66.5 Å². The number of ether oxygens (including phenoxy) is 2. The Balaban J connectivity index is 2.39. The first kappa shape index (κ1) is 16.7. The Labute approximate surface area is 135 Å². The first-order valence-corrected chi connectivity index (χ1v) is 7.47. The Kier molecular flexibility index (Phi) is 5.92. The van der Waals surface area contributed by atoms with Crippen molar-refractivity contribution in [1.29, 1.82) is 0 Å². The highest BCUT2D eigenvalue weighted by Crippen LogP contribution is 2.30. The van der Waals surface area contributed by atoms with Crippen LogP contribution in [0.4, 0.5) is 4.39 Å². The smallest absolute Gasteiger partial charge is 0.338 e. The van der Waals surface area contributed by atoms with Crippen LogP contribution in [0.15, 0.2) is 55.1 Å². The van der Waals surface area contributed by atoms with Gasteiger partial charge in [-0.15, -0.1) is 6.58 Å². The molecule has 0 spiro atoms. The molecule has 2 aromatic rings. The molecule has 2 aromatic carbocycles. The van der Waals surface area contributed by atoms with E-state index in [1.54, 1.807) is 49.4 Å². The van der Waals surface area contributed by atoms with Crippen LogP contribution in [-0.4, -0.2) is 19.2 Å². The molecule has 0 unspecified atom stereocenters. The third-order valence-corrected chi connectivity index (χ3v) is 3.24. The molecule has 0 heterocycles. The van der Waals surface area contributed by atoms with Crippen LogP contribution in [0.25, 0.3) is 11.1 Å². The molecule has 0 aromatic heterocycles. The zero-order valence-electron chi connectivity index (χ0n) is 13.0. The number of benzene rings is 2. The molecular formula is C19H19FO3. The molecule has 4 heteroatoms. The fraction of sp³-hybridized carbons (Fsp3) is 0.211. The molecule has 0 radical (unpaired) electrons. The van der Waals surface area contributed by atoms with Gasteiger partial charge in [0.25, 0.3) is 0 Å². The van der Waals surface area contributed by atoms with E-state index in [0.29, 0.717) is 35.5 Å². The average Bonchev–Trinajstić information content (AvgIpc) is 2.57. The van der Waals surface area contributed by atoms with Gasteiger partial charge in [0.05, 0.1) is 18.8 Å². The first-order valence-electron chi connectivity index (χ1n) is 7.47. The van der Waals surface area contributed by atoms with Crippen molar-refractivity contribution in [2.75, 3.05) is 13.2 Å². The van der Waals surface area contributed by atoms with Crippen LogP contribution in [0.2, 0.25) is 0 Å². The van der Waals surface area contributed by atoms with E-state index in [0.717, 1.165) is 0 Å². The molecular weight excluding hydrogens is 295 g/mol. The molecule has 0 N–H and O–H groups in total. The van der Waals surface area contributed by atoms with Gasteiger partial charge >= 0.3 is 5.97 Å². The Hall–Kier alpha value is -2.62. The summed E-state index contributed by atoms with van der Waals surface area (Å²) in [6, 6.07) is 11.3. The second-order valence-corrected chi connectivity index (χ2v) is 4.83. The summed E-state index contributed by atoms with van der Waals surface area (Å²) in [6.45, 7) is 6.09. The quantitative estimate of drug-likeness (QED) is 0.425. The molecule has 0 aliphatic carbocycles. The lowest BCUT2D eigenvalue weighted by molar-refractivity contribution is 0.0527. The van der Waals surface area contributed by atoms with Gasteiger partial charge in [-0.25, -0.2) is 9.18 Å². The highest BCUT2D eigenvalue weighted by molar-refractivity contribution is 5.97. The second-order valence-electron chi connectivity index (χ2n) is 4.83. The van der Waals surface area contributed by atoms with Crippen molar-refractivity contribution < 1.29 is 18.7 Å². The topological polar surface area (TPSA) is 35.5 Å². The van der Waals surface area contributed by atoms with Crippen LogP contribution in [0.1, 0.15) is 23.7 Å². The molecule has 23 heavy (non-hydrogen) atoms. The van der Waals surface area contributed by atoms with Gasteiger partial charge in [0.2, 0.25) is 0 Å². The lowest BCUT2D eigenvalue weighted by Gasteiger charge is -2.12. The standard InChI is InChI=1S/C19H19FO3/c1-3-5-12-23-14-10-11-18(20)17(13-14)15-8-6-7-9-16(15)19(21)22-4-2/h3,6-11,13H,1,4-5,12H2,2H3. The maximum Gasteiger partial charge on any atom is 0.338 e. The van der Waals surface area contributed by atoms with E-state index < -0.39 is 11.8 Å².